The summed E-state index contributed by atoms with van der Waals surface area (Å²) in [4.78, 5) is 42.5. The maximum Gasteiger partial charge on any atom is 0.290 e. The van der Waals surface area contributed by atoms with E-state index in [9.17, 15) is 14.4 Å². The number of nitrogens with zero attached hydrogens (tertiary/aromatic N) is 3. The zero-order valence-electron chi connectivity index (χ0n) is 15.7. The Balaban J connectivity index is 1.58. The number of likely N-dealkylation sites (tertiary alicyclic amines) is 1. The maximum atomic E-state index is 12.8. The van der Waals surface area contributed by atoms with Crippen molar-refractivity contribution in [2.75, 3.05) is 53.0 Å². The zero-order valence-corrected chi connectivity index (χ0v) is 17.2. The van der Waals surface area contributed by atoms with E-state index in [0.717, 1.165) is 18.7 Å². The highest BCUT2D eigenvalue weighted by atomic mass is 35.5. The molecule has 0 spiro atoms. The molecular weight excluding hydrogens is 405 g/mol. The Bertz CT molecular complexity index is 747. The van der Waals surface area contributed by atoms with E-state index >= 15 is 0 Å². The van der Waals surface area contributed by atoms with Crippen LogP contribution in [0.1, 0.15) is 5.56 Å². The number of amides is 2. The van der Waals surface area contributed by atoms with Gasteiger partial charge in [0.25, 0.3) is 5.91 Å². The van der Waals surface area contributed by atoms with Gasteiger partial charge in [0.05, 0.1) is 13.2 Å². The highest BCUT2D eigenvalue weighted by Gasteiger charge is 2.44. The monoisotopic (exact) mass is 427 g/mol. The van der Waals surface area contributed by atoms with Crippen LogP contribution >= 0.6 is 23.2 Å². The van der Waals surface area contributed by atoms with Crippen LogP contribution in [0.15, 0.2) is 18.2 Å². The number of Topliss-reactive ketones (excluding diaryl/α,β-unsaturated/α-hetero) is 1. The Morgan fingerprint density at radius 1 is 1.14 bits per heavy atom. The third-order valence-corrected chi connectivity index (χ3v) is 5.46. The lowest BCUT2D eigenvalue weighted by Gasteiger charge is -2.28. The first-order valence-electron chi connectivity index (χ1n) is 9.18. The van der Waals surface area contributed by atoms with Crippen LogP contribution in [0.25, 0.3) is 0 Å². The van der Waals surface area contributed by atoms with Crippen LogP contribution in [0.5, 0.6) is 0 Å². The minimum atomic E-state index is -0.961. The van der Waals surface area contributed by atoms with Crippen LogP contribution in [0.2, 0.25) is 10.0 Å². The van der Waals surface area contributed by atoms with Crippen LogP contribution in [0.4, 0.5) is 0 Å². The number of carbonyl (C=O) groups excluding carboxylic acids is 3. The highest BCUT2D eigenvalue weighted by Crippen LogP contribution is 2.22. The second-order valence-corrected chi connectivity index (χ2v) is 7.97. The molecule has 2 saturated heterocycles. The van der Waals surface area contributed by atoms with E-state index in [1.807, 2.05) is 0 Å². The standard InChI is InChI=1S/C19H23Cl2N3O4/c1-22(11-13-8-14(20)10-15(21)9-13)18(26)16-12-24(19(27)17(16)25)3-2-23-4-6-28-7-5-23/h8-10,16H,2-7,11-12H2,1H3. The predicted molar refractivity (Wildman–Crippen MR) is 105 cm³/mol. The second kappa shape index (κ2) is 9.22. The topological polar surface area (TPSA) is 70.2 Å². The first-order chi connectivity index (χ1) is 13.3. The van der Waals surface area contributed by atoms with Gasteiger partial charge in [0.1, 0.15) is 5.92 Å². The van der Waals surface area contributed by atoms with Gasteiger partial charge in [-0.3, -0.25) is 19.3 Å². The molecule has 1 aromatic carbocycles. The van der Waals surface area contributed by atoms with Crippen LogP contribution in [0, 0.1) is 5.92 Å². The van der Waals surface area contributed by atoms with Gasteiger partial charge in [-0.2, -0.15) is 0 Å². The molecule has 1 aromatic rings. The molecule has 0 radical (unpaired) electrons. The van der Waals surface area contributed by atoms with Gasteiger partial charge in [-0.15, -0.1) is 0 Å². The average Bonchev–Trinajstić information content (AvgIpc) is 2.94. The molecule has 0 aromatic heterocycles. The van der Waals surface area contributed by atoms with Crippen LogP contribution in [0.3, 0.4) is 0 Å². The lowest BCUT2D eigenvalue weighted by molar-refractivity contribution is -0.144. The van der Waals surface area contributed by atoms with Gasteiger partial charge >= 0.3 is 0 Å². The number of ketones is 1. The summed E-state index contributed by atoms with van der Waals surface area (Å²) >= 11 is 12.0. The number of rotatable bonds is 6. The number of hydrogen-bond donors (Lipinski definition) is 0. The summed E-state index contributed by atoms with van der Waals surface area (Å²) in [5.74, 6) is -2.55. The molecule has 2 aliphatic rings. The minimum Gasteiger partial charge on any atom is -0.379 e. The van der Waals surface area contributed by atoms with Crippen molar-refractivity contribution in [1.29, 1.82) is 0 Å². The molecule has 7 nitrogen and oxygen atoms in total. The summed E-state index contributed by atoms with van der Waals surface area (Å²) in [6.07, 6.45) is 0. The molecule has 0 bridgehead atoms. The third kappa shape index (κ3) is 5.03. The molecular formula is C19H23Cl2N3O4. The average molecular weight is 428 g/mol. The van der Waals surface area contributed by atoms with Crippen molar-refractivity contribution in [3.8, 4) is 0 Å². The van der Waals surface area contributed by atoms with E-state index in [0.29, 0.717) is 36.3 Å². The molecule has 9 heteroatoms. The first kappa shape index (κ1) is 21.0. The fourth-order valence-electron chi connectivity index (χ4n) is 3.48. The molecule has 2 heterocycles. The number of benzene rings is 1. The SMILES string of the molecule is CN(Cc1cc(Cl)cc(Cl)c1)C(=O)C1CN(CCN2CCOCC2)C(=O)C1=O. The van der Waals surface area contributed by atoms with Gasteiger partial charge in [0.15, 0.2) is 0 Å². The van der Waals surface area contributed by atoms with Crippen LogP contribution in [-0.4, -0.2) is 85.3 Å². The Labute approximate surface area is 174 Å². The van der Waals surface area contributed by atoms with Crippen molar-refractivity contribution >= 4 is 40.8 Å². The van der Waals surface area contributed by atoms with Crippen molar-refractivity contribution < 1.29 is 19.1 Å². The van der Waals surface area contributed by atoms with E-state index in [-0.39, 0.29) is 19.0 Å². The van der Waals surface area contributed by atoms with Crippen molar-refractivity contribution in [2.45, 2.75) is 6.54 Å². The van der Waals surface area contributed by atoms with E-state index in [4.69, 9.17) is 27.9 Å². The van der Waals surface area contributed by atoms with Gasteiger partial charge in [-0.1, -0.05) is 23.2 Å². The second-order valence-electron chi connectivity index (χ2n) is 7.09. The summed E-state index contributed by atoms with van der Waals surface area (Å²) in [5, 5.41) is 0.953. The van der Waals surface area contributed by atoms with Gasteiger partial charge < -0.3 is 14.5 Å². The van der Waals surface area contributed by atoms with E-state index in [1.54, 1.807) is 25.2 Å². The van der Waals surface area contributed by atoms with E-state index in [1.165, 1.54) is 9.80 Å². The van der Waals surface area contributed by atoms with Crippen LogP contribution in [-0.2, 0) is 25.7 Å². The van der Waals surface area contributed by atoms with Crippen molar-refractivity contribution in [3.05, 3.63) is 33.8 Å². The Kier molecular flexibility index (Phi) is 6.93. The molecule has 1 unspecified atom stereocenters. The molecule has 2 aliphatic heterocycles. The maximum absolute atomic E-state index is 12.8. The minimum absolute atomic E-state index is 0.126. The Morgan fingerprint density at radius 2 is 1.79 bits per heavy atom. The molecule has 2 fully saturated rings. The lowest BCUT2D eigenvalue weighted by Crippen LogP contribution is -2.42. The Morgan fingerprint density at radius 3 is 2.43 bits per heavy atom. The summed E-state index contributed by atoms with van der Waals surface area (Å²) < 4.78 is 5.31. The highest BCUT2D eigenvalue weighted by molar-refractivity contribution is 6.42. The van der Waals surface area contributed by atoms with Crippen molar-refractivity contribution in [1.82, 2.24) is 14.7 Å². The summed E-state index contributed by atoms with van der Waals surface area (Å²) in [5.41, 5.74) is 0.759. The van der Waals surface area contributed by atoms with Crippen molar-refractivity contribution in [3.63, 3.8) is 0 Å². The third-order valence-electron chi connectivity index (χ3n) is 5.02. The van der Waals surface area contributed by atoms with Gasteiger partial charge in [-0.05, 0) is 23.8 Å². The van der Waals surface area contributed by atoms with Crippen LogP contribution < -0.4 is 0 Å². The largest absolute Gasteiger partial charge is 0.379 e. The number of carbonyl (C=O) groups is 3. The molecule has 152 valence electrons. The summed E-state index contributed by atoms with van der Waals surface area (Å²) in [7, 11) is 1.60. The molecule has 0 aliphatic carbocycles. The molecule has 0 saturated carbocycles. The first-order valence-corrected chi connectivity index (χ1v) is 9.94. The summed E-state index contributed by atoms with van der Waals surface area (Å²) in [6.45, 7) is 4.44. The van der Waals surface area contributed by atoms with Gasteiger partial charge in [0, 0.05) is 56.4 Å². The number of halogens is 2. The van der Waals surface area contributed by atoms with E-state index < -0.39 is 17.6 Å². The van der Waals surface area contributed by atoms with E-state index in [2.05, 4.69) is 4.90 Å². The quantitative estimate of drug-likeness (QED) is 0.505. The molecule has 0 N–H and O–H groups in total. The summed E-state index contributed by atoms with van der Waals surface area (Å²) in [6, 6.07) is 5.04. The Hall–Kier alpha value is -1.67. The van der Waals surface area contributed by atoms with Gasteiger partial charge in [-0.25, -0.2) is 0 Å². The smallest absolute Gasteiger partial charge is 0.290 e. The van der Waals surface area contributed by atoms with Crippen molar-refractivity contribution in [2.24, 2.45) is 5.92 Å². The normalized spacial score (nSPS) is 20.7. The molecule has 2 amide bonds. The predicted octanol–water partition coefficient (Wildman–Crippen LogP) is 1.31. The lowest BCUT2D eigenvalue weighted by atomic mass is 10.1. The molecule has 1 atom stereocenters. The number of hydrogen-bond acceptors (Lipinski definition) is 5. The number of ether oxygens (including phenoxy) is 1. The zero-order chi connectivity index (χ0) is 20.3. The fourth-order valence-corrected chi connectivity index (χ4v) is 4.05. The number of morpholine rings is 1. The molecule has 28 heavy (non-hydrogen) atoms. The van der Waals surface area contributed by atoms with Gasteiger partial charge in [0.2, 0.25) is 11.7 Å². The molecule has 3 rings (SSSR count). The fraction of sp³-hybridized carbons (Fsp3) is 0.526.